The number of hydrogen-bond donors (Lipinski definition) is 0. The number of benzene rings is 2. The number of fused-ring (bicyclic) bond motifs is 1. The first-order valence-electron chi connectivity index (χ1n) is 11.5. The van der Waals surface area contributed by atoms with Crippen molar-refractivity contribution in [1.82, 2.24) is 23.8 Å². The van der Waals surface area contributed by atoms with Gasteiger partial charge in [0.05, 0.1) is 22.3 Å². The van der Waals surface area contributed by atoms with E-state index in [0.717, 1.165) is 4.57 Å². The molecule has 4 aromatic rings. The quantitative estimate of drug-likeness (QED) is 0.371. The van der Waals surface area contributed by atoms with Gasteiger partial charge in [0.25, 0.3) is 5.56 Å². The zero-order valence-corrected chi connectivity index (χ0v) is 22.1. The molecule has 192 valence electrons. The van der Waals surface area contributed by atoms with Crippen LogP contribution < -0.4 is 16.0 Å². The van der Waals surface area contributed by atoms with E-state index in [2.05, 4.69) is 5.10 Å². The first kappa shape index (κ1) is 25.9. The Morgan fingerprint density at radius 3 is 2.46 bits per heavy atom. The lowest BCUT2D eigenvalue weighted by Gasteiger charge is -2.16. The third-order valence-electron chi connectivity index (χ3n) is 6.38. The fraction of sp³-hybridized carbons (Fsp3) is 0.269. The monoisotopic (exact) mass is 523 g/mol. The Balaban J connectivity index is 1.94. The highest BCUT2D eigenvalue weighted by atomic mass is 35.5. The van der Waals surface area contributed by atoms with Gasteiger partial charge in [0, 0.05) is 38.3 Å². The molecule has 0 saturated heterocycles. The van der Waals surface area contributed by atoms with Crippen LogP contribution in [0.5, 0.6) is 5.88 Å². The standard InChI is InChI=1S/C26H26ClN5O5/c1-7-29(4)26(36)37-24-21(15(3)28-31(24)6)22(33)18-11-12-19-20(14(18)2)23(34)32(25(35)30(19)5)17-10-8-9-16(27)13-17/h8-13H,7H2,1-6H3. The molecule has 0 bridgehead atoms. The van der Waals surface area contributed by atoms with E-state index in [4.69, 9.17) is 16.3 Å². The summed E-state index contributed by atoms with van der Waals surface area (Å²) in [6, 6.07) is 9.53. The number of aryl methyl sites for hydroxylation is 4. The maximum atomic E-state index is 13.8. The second-order valence-corrected chi connectivity index (χ2v) is 9.13. The average molecular weight is 524 g/mol. The average Bonchev–Trinajstić information content (AvgIpc) is 3.13. The van der Waals surface area contributed by atoms with Crippen molar-refractivity contribution in [3.63, 3.8) is 0 Å². The Labute approximate surface area is 217 Å². The zero-order chi connectivity index (χ0) is 27.2. The summed E-state index contributed by atoms with van der Waals surface area (Å²) in [7, 11) is 4.71. The molecule has 0 aliphatic carbocycles. The number of halogens is 1. The normalized spacial score (nSPS) is 11.1. The molecule has 10 nitrogen and oxygen atoms in total. The Bertz CT molecular complexity index is 1700. The number of carbonyl (C=O) groups is 2. The van der Waals surface area contributed by atoms with Gasteiger partial charge in [0.15, 0.2) is 0 Å². The molecule has 0 unspecified atom stereocenters. The fourth-order valence-electron chi connectivity index (χ4n) is 4.23. The number of ketones is 1. The van der Waals surface area contributed by atoms with Crippen LogP contribution in [0.4, 0.5) is 4.79 Å². The molecule has 11 heteroatoms. The summed E-state index contributed by atoms with van der Waals surface area (Å²) in [5.41, 5.74) is 0.647. The van der Waals surface area contributed by atoms with Gasteiger partial charge in [-0.15, -0.1) is 0 Å². The van der Waals surface area contributed by atoms with E-state index in [-0.39, 0.29) is 22.4 Å². The highest BCUT2D eigenvalue weighted by Gasteiger charge is 2.28. The van der Waals surface area contributed by atoms with Crippen molar-refractivity contribution in [3.05, 3.63) is 84.6 Å². The van der Waals surface area contributed by atoms with Crippen LogP contribution in [0.25, 0.3) is 16.6 Å². The fourth-order valence-corrected chi connectivity index (χ4v) is 4.41. The number of rotatable bonds is 5. The summed E-state index contributed by atoms with van der Waals surface area (Å²) in [6.07, 6.45) is -0.630. The lowest BCUT2D eigenvalue weighted by Crippen LogP contribution is -2.38. The molecule has 1 amide bonds. The molecule has 4 rings (SSSR count). The van der Waals surface area contributed by atoms with Gasteiger partial charge in [-0.05, 0) is 56.7 Å². The van der Waals surface area contributed by atoms with Crippen LogP contribution >= 0.6 is 11.6 Å². The van der Waals surface area contributed by atoms with Crippen LogP contribution in [0.3, 0.4) is 0 Å². The van der Waals surface area contributed by atoms with Crippen LogP contribution in [0.2, 0.25) is 5.02 Å². The Kier molecular flexibility index (Phi) is 6.79. The second-order valence-electron chi connectivity index (χ2n) is 8.69. The van der Waals surface area contributed by atoms with Gasteiger partial charge in [-0.1, -0.05) is 17.7 Å². The third kappa shape index (κ3) is 4.33. The van der Waals surface area contributed by atoms with E-state index < -0.39 is 23.1 Å². The molecule has 0 atom stereocenters. The number of nitrogens with zero attached hydrogens (tertiary/aromatic N) is 5. The van der Waals surface area contributed by atoms with Crippen molar-refractivity contribution >= 4 is 34.4 Å². The van der Waals surface area contributed by atoms with E-state index >= 15 is 0 Å². The van der Waals surface area contributed by atoms with Crippen LogP contribution in [-0.4, -0.2) is 49.3 Å². The summed E-state index contributed by atoms with van der Waals surface area (Å²) in [6.45, 7) is 5.50. The molecule has 2 aromatic carbocycles. The molecular formula is C26H26ClN5O5. The minimum absolute atomic E-state index is 0.00379. The minimum atomic E-state index is -0.630. The van der Waals surface area contributed by atoms with Gasteiger partial charge in [-0.25, -0.2) is 18.8 Å². The maximum Gasteiger partial charge on any atom is 0.416 e. The highest BCUT2D eigenvalue weighted by Crippen LogP contribution is 2.28. The molecule has 2 aromatic heterocycles. The van der Waals surface area contributed by atoms with Crippen LogP contribution in [-0.2, 0) is 14.1 Å². The summed E-state index contributed by atoms with van der Waals surface area (Å²) in [5, 5.41) is 4.85. The summed E-state index contributed by atoms with van der Waals surface area (Å²) < 4.78 is 9.21. The predicted molar refractivity (Wildman–Crippen MR) is 140 cm³/mol. The lowest BCUT2D eigenvalue weighted by molar-refractivity contribution is 0.103. The number of aromatic nitrogens is 4. The Hall–Kier alpha value is -4.18. The van der Waals surface area contributed by atoms with E-state index in [0.29, 0.717) is 34.0 Å². The van der Waals surface area contributed by atoms with Crippen molar-refractivity contribution in [1.29, 1.82) is 0 Å². The van der Waals surface area contributed by atoms with E-state index in [1.165, 1.54) is 20.2 Å². The van der Waals surface area contributed by atoms with E-state index in [9.17, 15) is 19.2 Å². The molecule has 0 N–H and O–H groups in total. The number of ether oxygens (including phenoxy) is 1. The number of hydrogen-bond acceptors (Lipinski definition) is 6. The molecular weight excluding hydrogens is 498 g/mol. The minimum Gasteiger partial charge on any atom is -0.391 e. The molecule has 0 saturated carbocycles. The van der Waals surface area contributed by atoms with Gasteiger partial charge in [0.1, 0.15) is 5.56 Å². The summed E-state index contributed by atoms with van der Waals surface area (Å²) >= 11 is 6.10. The molecule has 0 aliphatic rings. The van der Waals surface area contributed by atoms with Crippen molar-refractivity contribution < 1.29 is 14.3 Å². The molecule has 37 heavy (non-hydrogen) atoms. The first-order chi connectivity index (χ1) is 17.5. The number of carbonyl (C=O) groups excluding carboxylic acids is 2. The largest absolute Gasteiger partial charge is 0.416 e. The highest BCUT2D eigenvalue weighted by molar-refractivity contribution is 6.30. The van der Waals surface area contributed by atoms with Crippen LogP contribution in [0, 0.1) is 13.8 Å². The van der Waals surface area contributed by atoms with Gasteiger partial charge < -0.3 is 9.64 Å². The van der Waals surface area contributed by atoms with Crippen molar-refractivity contribution in [2.75, 3.05) is 13.6 Å². The number of amides is 1. The molecule has 2 heterocycles. The smallest absolute Gasteiger partial charge is 0.391 e. The third-order valence-corrected chi connectivity index (χ3v) is 6.61. The lowest BCUT2D eigenvalue weighted by atomic mass is 9.96. The van der Waals surface area contributed by atoms with E-state index in [1.54, 1.807) is 72.2 Å². The summed E-state index contributed by atoms with van der Waals surface area (Å²) in [4.78, 5) is 54.3. The Morgan fingerprint density at radius 1 is 1.11 bits per heavy atom. The molecule has 0 aliphatic heterocycles. The van der Waals surface area contributed by atoms with Crippen LogP contribution in [0.15, 0.2) is 46.0 Å². The van der Waals surface area contributed by atoms with Crippen molar-refractivity contribution in [3.8, 4) is 11.6 Å². The van der Waals surface area contributed by atoms with Gasteiger partial charge in [-0.2, -0.15) is 5.10 Å². The molecule has 0 radical (unpaired) electrons. The topological polar surface area (TPSA) is 108 Å². The predicted octanol–water partition coefficient (Wildman–Crippen LogP) is 3.37. The molecule has 0 fully saturated rings. The van der Waals surface area contributed by atoms with Gasteiger partial charge in [-0.3, -0.25) is 14.2 Å². The molecule has 0 spiro atoms. The SMILES string of the molecule is CCN(C)C(=O)Oc1c(C(=O)c2ccc3c(c2C)c(=O)n(-c2cccc(Cl)c2)c(=O)n3C)c(C)nn1C. The maximum absolute atomic E-state index is 13.8. The zero-order valence-electron chi connectivity index (χ0n) is 21.3. The van der Waals surface area contributed by atoms with Gasteiger partial charge in [0.2, 0.25) is 11.7 Å². The Morgan fingerprint density at radius 2 is 1.81 bits per heavy atom. The second kappa shape index (κ2) is 9.70. The van der Waals surface area contributed by atoms with E-state index in [1.807, 2.05) is 0 Å². The first-order valence-corrected chi connectivity index (χ1v) is 11.9. The van der Waals surface area contributed by atoms with Crippen molar-refractivity contribution in [2.45, 2.75) is 20.8 Å². The van der Waals surface area contributed by atoms with Gasteiger partial charge >= 0.3 is 11.8 Å². The van der Waals surface area contributed by atoms with Crippen LogP contribution in [0.1, 0.15) is 34.1 Å². The summed E-state index contributed by atoms with van der Waals surface area (Å²) in [5.74, 6) is -0.460. The van der Waals surface area contributed by atoms with Crippen molar-refractivity contribution in [2.24, 2.45) is 14.1 Å².